The topological polar surface area (TPSA) is 75.7 Å². The molecule has 0 saturated carbocycles. The maximum atomic E-state index is 12.8. The number of nitrogens with zero attached hydrogens (tertiary/aromatic N) is 1. The number of ether oxygens (including phenoxy) is 1. The highest BCUT2D eigenvalue weighted by Gasteiger charge is 2.33. The highest BCUT2D eigenvalue weighted by molar-refractivity contribution is 7.89. The van der Waals surface area contributed by atoms with Crippen molar-refractivity contribution in [2.75, 3.05) is 13.1 Å². The van der Waals surface area contributed by atoms with Crippen molar-refractivity contribution in [2.24, 2.45) is 5.92 Å². The van der Waals surface area contributed by atoms with Crippen LogP contribution in [0.3, 0.4) is 0 Å². The van der Waals surface area contributed by atoms with Gasteiger partial charge < -0.3 is 10.1 Å². The second kappa shape index (κ2) is 10.2. The summed E-state index contributed by atoms with van der Waals surface area (Å²) in [6.07, 6.45) is 1.28. The molecule has 3 rings (SSSR count). The zero-order valence-electron chi connectivity index (χ0n) is 17.2. The average molecular weight is 453 g/mol. The zero-order chi connectivity index (χ0) is 22.4. The highest BCUT2D eigenvalue weighted by atomic mass is 32.2. The first-order chi connectivity index (χ1) is 14.8. The van der Waals surface area contributed by atoms with E-state index in [2.05, 4.69) is 10.1 Å². The van der Waals surface area contributed by atoms with E-state index in [1.165, 1.54) is 10.4 Å². The van der Waals surface area contributed by atoms with Crippen LogP contribution in [0.5, 0.6) is 5.75 Å². The number of benzene rings is 2. The van der Waals surface area contributed by atoms with Crippen LogP contribution in [0, 0.1) is 5.92 Å². The zero-order valence-corrected chi connectivity index (χ0v) is 18.0. The van der Waals surface area contributed by atoms with Gasteiger partial charge in [-0.25, -0.2) is 8.42 Å². The first-order valence-corrected chi connectivity index (χ1v) is 11.7. The summed E-state index contributed by atoms with van der Waals surface area (Å²) in [7, 11) is -3.58. The summed E-state index contributed by atoms with van der Waals surface area (Å²) < 4.78 is 56.9. The normalized spacial score (nSPS) is 16.8. The van der Waals surface area contributed by atoms with Gasteiger partial charge >= 0.3 is 6.61 Å². The number of alkyl halides is 2. The molecule has 1 heterocycles. The fourth-order valence-corrected chi connectivity index (χ4v) is 5.25. The molecule has 31 heavy (non-hydrogen) atoms. The molecule has 1 fully saturated rings. The minimum absolute atomic E-state index is 0.0356. The second-order valence-electron chi connectivity index (χ2n) is 7.38. The standard InChI is InChI=1S/C22H26F2N2O4S/c1-2-19(18-10-6-7-11-20(18)30-22(23)24)25-21(27)16-12-14-26(15-13-16)31(28,29)17-8-4-3-5-9-17/h3-11,16,19,22H,2,12-15H2,1H3,(H,25,27). The Balaban J connectivity index is 1.63. The molecule has 1 aliphatic rings. The summed E-state index contributed by atoms with van der Waals surface area (Å²) in [5.41, 5.74) is 0.489. The van der Waals surface area contributed by atoms with Crippen LogP contribution in [-0.4, -0.2) is 38.3 Å². The number of carbonyl (C=O) groups excluding carboxylic acids is 1. The number of sulfonamides is 1. The lowest BCUT2D eigenvalue weighted by Gasteiger charge is -2.31. The van der Waals surface area contributed by atoms with E-state index < -0.39 is 22.7 Å². The molecule has 0 aromatic heterocycles. The molecule has 0 radical (unpaired) electrons. The fourth-order valence-electron chi connectivity index (χ4n) is 3.76. The van der Waals surface area contributed by atoms with E-state index in [1.54, 1.807) is 48.5 Å². The number of hydrogen-bond acceptors (Lipinski definition) is 4. The smallest absolute Gasteiger partial charge is 0.387 e. The van der Waals surface area contributed by atoms with Gasteiger partial charge in [-0.3, -0.25) is 4.79 Å². The Morgan fingerprint density at radius 1 is 1.10 bits per heavy atom. The van der Waals surface area contributed by atoms with Crippen LogP contribution < -0.4 is 10.1 Å². The Labute approximate surface area is 181 Å². The van der Waals surface area contributed by atoms with Crippen LogP contribution in [0.2, 0.25) is 0 Å². The predicted octanol–water partition coefficient (Wildman–Crippen LogP) is 3.96. The molecule has 1 atom stereocenters. The van der Waals surface area contributed by atoms with Crippen LogP contribution in [-0.2, 0) is 14.8 Å². The van der Waals surface area contributed by atoms with Crippen molar-refractivity contribution >= 4 is 15.9 Å². The van der Waals surface area contributed by atoms with Gasteiger partial charge in [-0.15, -0.1) is 0 Å². The average Bonchev–Trinajstić information content (AvgIpc) is 2.78. The van der Waals surface area contributed by atoms with E-state index in [1.807, 2.05) is 6.92 Å². The Bertz CT molecular complexity index is 978. The second-order valence-corrected chi connectivity index (χ2v) is 9.32. The van der Waals surface area contributed by atoms with Gasteiger partial charge in [0.2, 0.25) is 15.9 Å². The van der Waals surface area contributed by atoms with E-state index in [0.717, 1.165) is 0 Å². The van der Waals surface area contributed by atoms with Crippen molar-refractivity contribution < 1.29 is 26.7 Å². The number of nitrogens with one attached hydrogen (secondary N) is 1. The van der Waals surface area contributed by atoms with Gasteiger partial charge in [0.05, 0.1) is 10.9 Å². The van der Waals surface area contributed by atoms with Crippen LogP contribution >= 0.6 is 0 Å². The maximum absolute atomic E-state index is 12.8. The Morgan fingerprint density at radius 3 is 2.32 bits per heavy atom. The summed E-state index contributed by atoms with van der Waals surface area (Å²) in [6, 6.07) is 14.1. The maximum Gasteiger partial charge on any atom is 0.387 e. The molecule has 9 heteroatoms. The lowest BCUT2D eigenvalue weighted by Crippen LogP contribution is -2.43. The van der Waals surface area contributed by atoms with Crippen molar-refractivity contribution in [2.45, 2.75) is 43.7 Å². The third-order valence-electron chi connectivity index (χ3n) is 5.44. The lowest BCUT2D eigenvalue weighted by molar-refractivity contribution is -0.126. The van der Waals surface area contributed by atoms with Crippen molar-refractivity contribution in [3.63, 3.8) is 0 Å². The van der Waals surface area contributed by atoms with E-state index in [-0.39, 0.29) is 35.6 Å². The van der Waals surface area contributed by atoms with Crippen LogP contribution in [0.1, 0.15) is 37.8 Å². The van der Waals surface area contributed by atoms with E-state index in [0.29, 0.717) is 24.8 Å². The number of rotatable bonds is 8. The van der Waals surface area contributed by atoms with Crippen molar-refractivity contribution in [1.29, 1.82) is 0 Å². The fraction of sp³-hybridized carbons (Fsp3) is 0.409. The minimum Gasteiger partial charge on any atom is -0.434 e. The number of carbonyl (C=O) groups is 1. The van der Waals surface area contributed by atoms with Crippen LogP contribution in [0.25, 0.3) is 0 Å². The molecule has 0 aliphatic carbocycles. The van der Waals surface area contributed by atoms with Crippen LogP contribution in [0.4, 0.5) is 8.78 Å². The monoisotopic (exact) mass is 452 g/mol. The highest BCUT2D eigenvalue weighted by Crippen LogP contribution is 2.30. The Kier molecular flexibility index (Phi) is 7.61. The van der Waals surface area contributed by atoms with Crippen molar-refractivity contribution in [3.05, 3.63) is 60.2 Å². The molecule has 0 bridgehead atoms. The molecular weight excluding hydrogens is 426 g/mol. The SMILES string of the molecule is CCC(NC(=O)C1CCN(S(=O)(=O)c2ccccc2)CC1)c1ccccc1OC(F)F. The lowest BCUT2D eigenvalue weighted by atomic mass is 9.95. The van der Waals surface area contributed by atoms with Gasteiger partial charge in [-0.05, 0) is 37.5 Å². The first-order valence-electron chi connectivity index (χ1n) is 10.2. The Morgan fingerprint density at radius 2 is 1.71 bits per heavy atom. The van der Waals surface area contributed by atoms with Gasteiger partial charge in [0, 0.05) is 24.6 Å². The minimum atomic E-state index is -3.58. The van der Waals surface area contributed by atoms with E-state index >= 15 is 0 Å². The molecule has 2 aromatic rings. The number of piperidine rings is 1. The molecule has 1 N–H and O–H groups in total. The van der Waals surface area contributed by atoms with Gasteiger partial charge in [-0.1, -0.05) is 43.3 Å². The van der Waals surface area contributed by atoms with Crippen molar-refractivity contribution in [3.8, 4) is 5.75 Å². The molecule has 168 valence electrons. The summed E-state index contributed by atoms with van der Waals surface area (Å²) in [4.78, 5) is 13.1. The molecule has 1 saturated heterocycles. The molecule has 0 spiro atoms. The molecule has 6 nitrogen and oxygen atoms in total. The quantitative estimate of drug-likeness (QED) is 0.658. The van der Waals surface area contributed by atoms with Gasteiger partial charge in [-0.2, -0.15) is 13.1 Å². The van der Waals surface area contributed by atoms with E-state index in [4.69, 9.17) is 0 Å². The first kappa shape index (κ1) is 23.1. The molecule has 1 aliphatic heterocycles. The third kappa shape index (κ3) is 5.59. The van der Waals surface area contributed by atoms with Crippen molar-refractivity contribution in [1.82, 2.24) is 9.62 Å². The molecule has 1 unspecified atom stereocenters. The summed E-state index contributed by atoms with van der Waals surface area (Å²) in [5, 5.41) is 2.92. The van der Waals surface area contributed by atoms with Gasteiger partial charge in [0.15, 0.2) is 0 Å². The third-order valence-corrected chi connectivity index (χ3v) is 7.35. The predicted molar refractivity (Wildman–Crippen MR) is 112 cm³/mol. The number of hydrogen-bond donors (Lipinski definition) is 1. The Hall–Kier alpha value is -2.52. The van der Waals surface area contributed by atoms with Crippen LogP contribution in [0.15, 0.2) is 59.5 Å². The molecular formula is C22H26F2N2O4S. The largest absolute Gasteiger partial charge is 0.434 e. The summed E-state index contributed by atoms with van der Waals surface area (Å²) in [5.74, 6) is -0.525. The molecule has 2 aromatic carbocycles. The van der Waals surface area contributed by atoms with E-state index in [9.17, 15) is 22.0 Å². The number of para-hydroxylation sites is 1. The van der Waals surface area contributed by atoms with Gasteiger partial charge in [0.25, 0.3) is 0 Å². The summed E-state index contributed by atoms with van der Waals surface area (Å²) in [6.45, 7) is -0.613. The number of halogens is 2. The number of amides is 1. The summed E-state index contributed by atoms with van der Waals surface area (Å²) >= 11 is 0. The molecule has 1 amide bonds. The van der Waals surface area contributed by atoms with Gasteiger partial charge in [0.1, 0.15) is 5.75 Å².